The maximum Gasteiger partial charge on any atom is 0.0642 e. The van der Waals surface area contributed by atoms with Gasteiger partial charge in [-0.1, -0.05) is 32.0 Å². The van der Waals surface area contributed by atoms with Crippen molar-refractivity contribution in [2.24, 2.45) is 5.92 Å². The molecule has 0 aromatic heterocycles. The average molecular weight is 233 g/mol. The second kappa shape index (κ2) is 6.06. The number of hydrogen-bond donors (Lipinski definition) is 0. The minimum atomic E-state index is 0.771. The van der Waals surface area contributed by atoms with Crippen LogP contribution in [0.3, 0.4) is 0 Å². The number of hydrogen-bond acceptors (Lipinski definition) is 2. The van der Waals surface area contributed by atoms with E-state index in [1.807, 2.05) is 0 Å². The summed E-state index contributed by atoms with van der Waals surface area (Å²) in [7, 11) is 0. The largest absolute Gasteiger partial charge is 0.378 e. The van der Waals surface area contributed by atoms with Gasteiger partial charge in [-0.2, -0.15) is 0 Å². The zero-order chi connectivity index (χ0) is 12.1. The molecular formula is C15H23NO. The fourth-order valence-electron chi connectivity index (χ4n) is 2.28. The summed E-state index contributed by atoms with van der Waals surface area (Å²) >= 11 is 0. The first-order valence-corrected chi connectivity index (χ1v) is 6.68. The molecule has 1 aromatic carbocycles. The Labute approximate surface area is 105 Å². The van der Waals surface area contributed by atoms with E-state index in [1.54, 1.807) is 0 Å². The number of aryl methyl sites for hydroxylation is 1. The molecule has 1 aliphatic rings. The molecule has 0 unspecified atom stereocenters. The van der Waals surface area contributed by atoms with E-state index >= 15 is 0 Å². The van der Waals surface area contributed by atoms with Crippen molar-refractivity contribution in [3.8, 4) is 0 Å². The van der Waals surface area contributed by atoms with Crippen molar-refractivity contribution in [2.75, 3.05) is 31.2 Å². The number of morpholine rings is 1. The van der Waals surface area contributed by atoms with Crippen LogP contribution in [0.4, 0.5) is 5.69 Å². The number of anilines is 1. The molecule has 1 heterocycles. The third-order valence-electron chi connectivity index (χ3n) is 3.33. The van der Waals surface area contributed by atoms with Gasteiger partial charge in [0.15, 0.2) is 0 Å². The molecule has 2 heteroatoms. The Hall–Kier alpha value is -1.02. The lowest BCUT2D eigenvalue weighted by Gasteiger charge is -2.30. The molecular weight excluding hydrogens is 210 g/mol. The van der Waals surface area contributed by atoms with Crippen LogP contribution in [0.2, 0.25) is 0 Å². The molecule has 2 nitrogen and oxygen atoms in total. The number of para-hydroxylation sites is 1. The second-order valence-electron chi connectivity index (χ2n) is 5.16. The Kier molecular flexibility index (Phi) is 4.43. The van der Waals surface area contributed by atoms with Gasteiger partial charge in [0.05, 0.1) is 13.2 Å². The van der Waals surface area contributed by atoms with Crippen molar-refractivity contribution in [3.63, 3.8) is 0 Å². The first kappa shape index (κ1) is 12.4. The maximum atomic E-state index is 5.42. The van der Waals surface area contributed by atoms with E-state index in [4.69, 9.17) is 4.74 Å². The van der Waals surface area contributed by atoms with Crippen LogP contribution in [0, 0.1) is 5.92 Å². The Bertz CT molecular complexity index is 343. The molecule has 0 bridgehead atoms. The fraction of sp³-hybridized carbons (Fsp3) is 0.600. The summed E-state index contributed by atoms with van der Waals surface area (Å²) < 4.78 is 5.42. The Morgan fingerprint density at radius 3 is 2.59 bits per heavy atom. The van der Waals surface area contributed by atoms with Crippen molar-refractivity contribution in [3.05, 3.63) is 29.8 Å². The SMILES string of the molecule is CC(C)CCc1ccccc1N1CCOCC1. The molecule has 94 valence electrons. The fourth-order valence-corrected chi connectivity index (χ4v) is 2.28. The molecule has 2 rings (SSSR count). The summed E-state index contributed by atoms with van der Waals surface area (Å²) in [6.45, 7) is 8.35. The van der Waals surface area contributed by atoms with Crippen LogP contribution in [-0.4, -0.2) is 26.3 Å². The molecule has 1 fully saturated rings. The third kappa shape index (κ3) is 3.47. The summed E-state index contributed by atoms with van der Waals surface area (Å²) in [5.74, 6) is 0.771. The number of nitrogens with zero attached hydrogens (tertiary/aromatic N) is 1. The van der Waals surface area contributed by atoms with E-state index in [2.05, 4.69) is 43.0 Å². The third-order valence-corrected chi connectivity index (χ3v) is 3.33. The van der Waals surface area contributed by atoms with Crippen LogP contribution in [0.1, 0.15) is 25.8 Å². The van der Waals surface area contributed by atoms with Crippen LogP contribution < -0.4 is 4.90 Å². The standard InChI is InChI=1S/C15H23NO/c1-13(2)7-8-14-5-3-4-6-15(14)16-9-11-17-12-10-16/h3-6,13H,7-12H2,1-2H3. The van der Waals surface area contributed by atoms with Gasteiger partial charge in [-0.15, -0.1) is 0 Å². The van der Waals surface area contributed by atoms with Crippen LogP contribution in [-0.2, 0) is 11.2 Å². The topological polar surface area (TPSA) is 12.5 Å². The Morgan fingerprint density at radius 2 is 1.88 bits per heavy atom. The summed E-state index contributed by atoms with van der Waals surface area (Å²) in [5, 5.41) is 0. The summed E-state index contributed by atoms with van der Waals surface area (Å²) in [4.78, 5) is 2.46. The minimum absolute atomic E-state index is 0.771. The van der Waals surface area contributed by atoms with E-state index in [1.165, 1.54) is 24.1 Å². The van der Waals surface area contributed by atoms with Crippen molar-refractivity contribution >= 4 is 5.69 Å². The minimum Gasteiger partial charge on any atom is -0.378 e. The van der Waals surface area contributed by atoms with Crippen molar-refractivity contribution in [2.45, 2.75) is 26.7 Å². The van der Waals surface area contributed by atoms with Gasteiger partial charge in [0.1, 0.15) is 0 Å². The van der Waals surface area contributed by atoms with Crippen LogP contribution >= 0.6 is 0 Å². The van der Waals surface area contributed by atoms with Gasteiger partial charge in [-0.25, -0.2) is 0 Å². The summed E-state index contributed by atoms with van der Waals surface area (Å²) in [5.41, 5.74) is 2.90. The molecule has 0 saturated carbocycles. The highest BCUT2D eigenvalue weighted by molar-refractivity contribution is 5.54. The first-order valence-electron chi connectivity index (χ1n) is 6.68. The predicted molar refractivity (Wildman–Crippen MR) is 72.6 cm³/mol. The molecule has 0 atom stereocenters. The van der Waals surface area contributed by atoms with Crippen LogP contribution in [0.25, 0.3) is 0 Å². The molecule has 0 radical (unpaired) electrons. The van der Waals surface area contributed by atoms with E-state index in [9.17, 15) is 0 Å². The lowest BCUT2D eigenvalue weighted by Crippen LogP contribution is -2.36. The van der Waals surface area contributed by atoms with Gasteiger partial charge in [0.2, 0.25) is 0 Å². The molecule has 0 spiro atoms. The van der Waals surface area contributed by atoms with E-state index in [-0.39, 0.29) is 0 Å². The summed E-state index contributed by atoms with van der Waals surface area (Å²) in [6, 6.07) is 8.82. The van der Waals surface area contributed by atoms with E-state index < -0.39 is 0 Å². The maximum absolute atomic E-state index is 5.42. The van der Waals surface area contributed by atoms with Gasteiger partial charge in [-0.05, 0) is 30.4 Å². The van der Waals surface area contributed by atoms with Gasteiger partial charge in [-0.3, -0.25) is 0 Å². The Morgan fingerprint density at radius 1 is 1.18 bits per heavy atom. The van der Waals surface area contributed by atoms with Crippen molar-refractivity contribution in [1.82, 2.24) is 0 Å². The van der Waals surface area contributed by atoms with Crippen LogP contribution in [0.15, 0.2) is 24.3 Å². The highest BCUT2D eigenvalue weighted by Gasteiger charge is 2.14. The van der Waals surface area contributed by atoms with Crippen molar-refractivity contribution < 1.29 is 4.74 Å². The van der Waals surface area contributed by atoms with Gasteiger partial charge >= 0.3 is 0 Å². The quantitative estimate of drug-likeness (QED) is 0.792. The lowest BCUT2D eigenvalue weighted by molar-refractivity contribution is 0.122. The predicted octanol–water partition coefficient (Wildman–Crippen LogP) is 3.11. The highest BCUT2D eigenvalue weighted by Crippen LogP contribution is 2.23. The highest BCUT2D eigenvalue weighted by atomic mass is 16.5. The molecule has 0 amide bonds. The molecule has 17 heavy (non-hydrogen) atoms. The molecule has 0 N–H and O–H groups in total. The van der Waals surface area contributed by atoms with E-state index in [0.717, 1.165) is 32.2 Å². The normalized spacial score (nSPS) is 16.5. The first-order chi connectivity index (χ1) is 8.27. The molecule has 1 aromatic rings. The second-order valence-corrected chi connectivity index (χ2v) is 5.16. The van der Waals surface area contributed by atoms with Gasteiger partial charge < -0.3 is 9.64 Å². The van der Waals surface area contributed by atoms with E-state index in [0.29, 0.717) is 0 Å². The van der Waals surface area contributed by atoms with Crippen molar-refractivity contribution in [1.29, 1.82) is 0 Å². The van der Waals surface area contributed by atoms with Gasteiger partial charge in [0.25, 0.3) is 0 Å². The van der Waals surface area contributed by atoms with Gasteiger partial charge in [0, 0.05) is 18.8 Å². The zero-order valence-corrected chi connectivity index (χ0v) is 11.0. The number of benzene rings is 1. The molecule has 1 aliphatic heterocycles. The molecule has 0 aliphatic carbocycles. The Balaban J connectivity index is 2.09. The number of ether oxygens (including phenoxy) is 1. The lowest BCUT2D eigenvalue weighted by atomic mass is 10.0. The number of rotatable bonds is 4. The smallest absolute Gasteiger partial charge is 0.0642 e. The molecule has 1 saturated heterocycles. The summed E-state index contributed by atoms with van der Waals surface area (Å²) in [6.07, 6.45) is 2.45. The monoisotopic (exact) mass is 233 g/mol. The van der Waals surface area contributed by atoms with Crippen LogP contribution in [0.5, 0.6) is 0 Å². The zero-order valence-electron chi connectivity index (χ0n) is 11.0. The average Bonchev–Trinajstić information content (AvgIpc) is 2.38.